The fraction of sp³-hybridized carbons (Fsp3) is 0.118. The third-order valence-electron chi connectivity index (χ3n) is 3.30. The second-order valence-electron chi connectivity index (χ2n) is 4.69. The first kappa shape index (κ1) is 13.4. The van der Waals surface area contributed by atoms with Crippen LogP contribution in [0, 0.1) is 3.57 Å². The molecule has 3 rings (SSSR count). The van der Waals surface area contributed by atoms with Gasteiger partial charge in [0.1, 0.15) is 5.82 Å². The van der Waals surface area contributed by atoms with E-state index in [-0.39, 0.29) is 0 Å². The van der Waals surface area contributed by atoms with Crippen LogP contribution in [0.1, 0.15) is 5.56 Å². The van der Waals surface area contributed by atoms with Gasteiger partial charge in [-0.3, -0.25) is 0 Å². The number of imidazole rings is 1. The molecule has 0 unspecified atom stereocenters. The van der Waals surface area contributed by atoms with Gasteiger partial charge >= 0.3 is 0 Å². The highest BCUT2D eigenvalue weighted by Crippen LogP contribution is 2.19. The van der Waals surface area contributed by atoms with E-state index in [4.69, 9.17) is 0 Å². The van der Waals surface area contributed by atoms with E-state index in [0.29, 0.717) is 0 Å². The second-order valence-corrected chi connectivity index (χ2v) is 5.93. The maximum atomic E-state index is 4.49. The molecule has 2 nitrogen and oxygen atoms in total. The smallest absolute Gasteiger partial charge is 0.139 e. The van der Waals surface area contributed by atoms with Gasteiger partial charge in [0.05, 0.1) is 0 Å². The molecule has 1 heterocycles. The Bertz CT molecular complexity index is 672. The summed E-state index contributed by atoms with van der Waals surface area (Å²) < 4.78 is 3.46. The Morgan fingerprint density at radius 2 is 1.70 bits per heavy atom. The molecule has 0 spiro atoms. The van der Waals surface area contributed by atoms with Crippen molar-refractivity contribution in [3.63, 3.8) is 0 Å². The number of aryl methyl sites for hydroxylation is 2. The van der Waals surface area contributed by atoms with Crippen molar-refractivity contribution < 1.29 is 0 Å². The Balaban J connectivity index is 1.78. The Labute approximate surface area is 132 Å². The largest absolute Gasteiger partial charge is 0.331 e. The van der Waals surface area contributed by atoms with Crippen LogP contribution in [0.4, 0.5) is 0 Å². The molecule has 100 valence electrons. The molecule has 1 aromatic heterocycles. The van der Waals surface area contributed by atoms with Gasteiger partial charge in [-0.15, -0.1) is 0 Å². The van der Waals surface area contributed by atoms with Gasteiger partial charge in [-0.1, -0.05) is 42.5 Å². The number of benzene rings is 2. The van der Waals surface area contributed by atoms with Gasteiger partial charge < -0.3 is 4.57 Å². The van der Waals surface area contributed by atoms with Crippen LogP contribution in [0.5, 0.6) is 0 Å². The normalized spacial score (nSPS) is 10.7. The average Bonchev–Trinajstić information content (AvgIpc) is 2.95. The molecule has 3 heteroatoms. The molecule has 0 aliphatic rings. The summed E-state index contributed by atoms with van der Waals surface area (Å²) in [5, 5.41) is 0. The predicted molar refractivity (Wildman–Crippen MR) is 90.5 cm³/mol. The maximum absolute atomic E-state index is 4.49. The minimum atomic E-state index is 0.950. The zero-order valence-electron chi connectivity index (χ0n) is 11.0. The highest BCUT2D eigenvalue weighted by molar-refractivity contribution is 14.1. The van der Waals surface area contributed by atoms with Crippen molar-refractivity contribution in [2.24, 2.45) is 0 Å². The first-order valence-corrected chi connectivity index (χ1v) is 7.72. The summed E-state index contributed by atoms with van der Waals surface area (Å²) in [4.78, 5) is 4.49. The molecule has 0 aliphatic heterocycles. The summed E-state index contributed by atoms with van der Waals surface area (Å²) in [6, 6.07) is 19.1. The van der Waals surface area contributed by atoms with E-state index >= 15 is 0 Å². The molecule has 0 aliphatic carbocycles. The summed E-state index contributed by atoms with van der Waals surface area (Å²) in [5.41, 5.74) is 2.53. The summed E-state index contributed by atoms with van der Waals surface area (Å²) in [5.74, 6) is 1.04. The standard InChI is InChI=1S/C17H15IN2/c18-16-8-6-15(7-9-16)17-19-11-13-20(17)12-10-14-4-2-1-3-5-14/h1-9,11,13H,10,12H2. The van der Waals surface area contributed by atoms with E-state index in [1.165, 1.54) is 14.7 Å². The molecule has 0 radical (unpaired) electrons. The Kier molecular flexibility index (Phi) is 4.16. The van der Waals surface area contributed by atoms with E-state index < -0.39 is 0 Å². The van der Waals surface area contributed by atoms with Crippen molar-refractivity contribution in [1.29, 1.82) is 0 Å². The fourth-order valence-electron chi connectivity index (χ4n) is 2.24. The lowest BCUT2D eigenvalue weighted by molar-refractivity contribution is 0.703. The lowest BCUT2D eigenvalue weighted by Crippen LogP contribution is -2.02. The molecule has 0 saturated heterocycles. The van der Waals surface area contributed by atoms with Gasteiger partial charge in [-0.05, 0) is 46.7 Å². The molecule has 0 atom stereocenters. The highest BCUT2D eigenvalue weighted by Gasteiger charge is 2.05. The average molecular weight is 374 g/mol. The van der Waals surface area contributed by atoms with Crippen LogP contribution in [0.15, 0.2) is 67.0 Å². The van der Waals surface area contributed by atoms with Crippen LogP contribution in [-0.2, 0) is 13.0 Å². The van der Waals surface area contributed by atoms with E-state index in [1.54, 1.807) is 0 Å². The van der Waals surface area contributed by atoms with Gasteiger partial charge in [0, 0.05) is 28.1 Å². The lowest BCUT2D eigenvalue weighted by atomic mass is 10.1. The summed E-state index contributed by atoms with van der Waals surface area (Å²) in [6.07, 6.45) is 4.95. The molecular formula is C17H15IN2. The summed E-state index contributed by atoms with van der Waals surface area (Å²) in [7, 11) is 0. The minimum absolute atomic E-state index is 0.950. The van der Waals surface area contributed by atoms with Crippen LogP contribution < -0.4 is 0 Å². The Morgan fingerprint density at radius 1 is 0.950 bits per heavy atom. The van der Waals surface area contributed by atoms with Crippen LogP contribution >= 0.6 is 22.6 Å². The summed E-state index contributed by atoms with van der Waals surface area (Å²) in [6.45, 7) is 0.950. The molecule has 0 saturated carbocycles. The fourth-order valence-corrected chi connectivity index (χ4v) is 2.60. The van der Waals surface area contributed by atoms with E-state index in [1.807, 2.05) is 6.20 Å². The first-order chi connectivity index (χ1) is 9.83. The van der Waals surface area contributed by atoms with Crippen LogP contribution in [0.2, 0.25) is 0 Å². The second kappa shape index (κ2) is 6.22. The van der Waals surface area contributed by atoms with Crippen molar-refractivity contribution in [2.75, 3.05) is 0 Å². The van der Waals surface area contributed by atoms with Crippen molar-refractivity contribution in [3.8, 4) is 11.4 Å². The van der Waals surface area contributed by atoms with Crippen molar-refractivity contribution >= 4 is 22.6 Å². The minimum Gasteiger partial charge on any atom is -0.331 e. The zero-order chi connectivity index (χ0) is 13.8. The molecule has 2 aromatic carbocycles. The maximum Gasteiger partial charge on any atom is 0.139 e. The van der Waals surface area contributed by atoms with Crippen molar-refractivity contribution in [3.05, 3.63) is 76.1 Å². The van der Waals surface area contributed by atoms with Gasteiger partial charge in [0.25, 0.3) is 0 Å². The third kappa shape index (κ3) is 3.10. The molecule has 0 bridgehead atoms. The predicted octanol–water partition coefficient (Wildman–Crippen LogP) is 4.40. The van der Waals surface area contributed by atoms with Crippen LogP contribution in [0.25, 0.3) is 11.4 Å². The van der Waals surface area contributed by atoms with Crippen molar-refractivity contribution in [1.82, 2.24) is 9.55 Å². The molecule has 0 N–H and O–H groups in total. The quantitative estimate of drug-likeness (QED) is 0.619. The molecule has 0 amide bonds. The molecule has 0 fully saturated rings. The monoisotopic (exact) mass is 374 g/mol. The van der Waals surface area contributed by atoms with Gasteiger partial charge in [-0.2, -0.15) is 0 Å². The number of aromatic nitrogens is 2. The SMILES string of the molecule is Ic1ccc(-c2nccn2CCc2ccccc2)cc1. The topological polar surface area (TPSA) is 17.8 Å². The molecule has 3 aromatic rings. The number of rotatable bonds is 4. The van der Waals surface area contributed by atoms with Crippen molar-refractivity contribution in [2.45, 2.75) is 13.0 Å². The van der Waals surface area contributed by atoms with E-state index in [2.05, 4.69) is 92.9 Å². The lowest BCUT2D eigenvalue weighted by Gasteiger charge is -2.08. The number of nitrogens with zero attached hydrogens (tertiary/aromatic N) is 2. The molecule has 20 heavy (non-hydrogen) atoms. The van der Waals surface area contributed by atoms with Crippen LogP contribution in [0.3, 0.4) is 0 Å². The third-order valence-corrected chi connectivity index (χ3v) is 4.02. The number of hydrogen-bond acceptors (Lipinski definition) is 1. The summed E-state index contributed by atoms with van der Waals surface area (Å²) >= 11 is 2.32. The Hall–Kier alpha value is -1.62. The number of halogens is 1. The van der Waals surface area contributed by atoms with Gasteiger partial charge in [-0.25, -0.2) is 4.98 Å². The first-order valence-electron chi connectivity index (χ1n) is 6.64. The number of hydrogen-bond donors (Lipinski definition) is 0. The van der Waals surface area contributed by atoms with Gasteiger partial charge in [0.15, 0.2) is 0 Å². The van der Waals surface area contributed by atoms with E-state index in [9.17, 15) is 0 Å². The zero-order valence-corrected chi connectivity index (χ0v) is 13.2. The molecular weight excluding hydrogens is 359 g/mol. The Morgan fingerprint density at radius 3 is 2.45 bits per heavy atom. The highest BCUT2D eigenvalue weighted by atomic mass is 127. The van der Waals surface area contributed by atoms with Crippen LogP contribution in [-0.4, -0.2) is 9.55 Å². The van der Waals surface area contributed by atoms with Gasteiger partial charge in [0.2, 0.25) is 0 Å². The van der Waals surface area contributed by atoms with E-state index in [0.717, 1.165) is 18.8 Å².